The summed E-state index contributed by atoms with van der Waals surface area (Å²) < 4.78 is 12.9. The van der Waals surface area contributed by atoms with E-state index >= 15 is 0 Å². The van der Waals surface area contributed by atoms with Gasteiger partial charge in [-0.05, 0) is 25.5 Å². The lowest BCUT2D eigenvalue weighted by Gasteiger charge is -2.00. The molecule has 1 N–H and O–H groups in total. The molecule has 0 saturated heterocycles. The molecule has 0 radical (unpaired) electrons. The number of hydrogen-bond donors (Lipinski definition) is 1. The van der Waals surface area contributed by atoms with Crippen LogP contribution in [0.1, 0.15) is 28.0 Å². The highest BCUT2D eigenvalue weighted by Gasteiger charge is 2.12. The summed E-state index contributed by atoms with van der Waals surface area (Å²) in [5.74, 6) is -1.13. The van der Waals surface area contributed by atoms with E-state index in [1.807, 2.05) is 13.8 Å². The van der Waals surface area contributed by atoms with Gasteiger partial charge in [-0.2, -0.15) is 4.39 Å². The fourth-order valence-electron chi connectivity index (χ4n) is 1.51. The molecule has 2 rings (SSSR count). The molecule has 0 fully saturated rings. The summed E-state index contributed by atoms with van der Waals surface area (Å²) in [5.41, 5.74) is 1.00. The number of thiazole rings is 1. The van der Waals surface area contributed by atoms with Gasteiger partial charge in [-0.25, -0.2) is 9.97 Å². The van der Waals surface area contributed by atoms with E-state index in [1.54, 1.807) is 0 Å². The lowest BCUT2D eigenvalue weighted by molar-refractivity contribution is 0.102. The number of amides is 1. The van der Waals surface area contributed by atoms with E-state index in [0.29, 0.717) is 5.13 Å². The molecule has 4 nitrogen and oxygen atoms in total. The number of halogens is 1. The largest absolute Gasteiger partial charge is 0.296 e. The Labute approximate surface area is 108 Å². The van der Waals surface area contributed by atoms with E-state index in [-0.39, 0.29) is 5.69 Å². The molecular formula is C12H12FN3OS. The van der Waals surface area contributed by atoms with Gasteiger partial charge in [0.2, 0.25) is 5.95 Å². The third-order valence-corrected chi connectivity index (χ3v) is 3.32. The Morgan fingerprint density at radius 3 is 2.83 bits per heavy atom. The topological polar surface area (TPSA) is 54.9 Å². The van der Waals surface area contributed by atoms with Crippen molar-refractivity contribution >= 4 is 22.4 Å². The maximum absolute atomic E-state index is 12.9. The molecule has 0 aromatic carbocycles. The molecule has 0 aliphatic rings. The average molecular weight is 265 g/mol. The van der Waals surface area contributed by atoms with Crippen molar-refractivity contribution in [2.75, 3.05) is 5.32 Å². The van der Waals surface area contributed by atoms with Gasteiger partial charge in [0, 0.05) is 4.88 Å². The molecule has 94 valence electrons. The van der Waals surface area contributed by atoms with Crippen molar-refractivity contribution in [2.24, 2.45) is 0 Å². The van der Waals surface area contributed by atoms with Crippen molar-refractivity contribution in [1.29, 1.82) is 0 Å². The number of anilines is 1. The molecule has 1 amide bonds. The zero-order chi connectivity index (χ0) is 13.1. The molecule has 0 aliphatic heterocycles. The minimum atomic E-state index is -0.674. The van der Waals surface area contributed by atoms with Gasteiger partial charge in [-0.3, -0.25) is 10.1 Å². The van der Waals surface area contributed by atoms with Crippen molar-refractivity contribution in [1.82, 2.24) is 9.97 Å². The van der Waals surface area contributed by atoms with Crippen LogP contribution >= 0.6 is 11.3 Å². The van der Waals surface area contributed by atoms with Gasteiger partial charge in [0.05, 0.1) is 5.69 Å². The predicted molar refractivity (Wildman–Crippen MR) is 68.4 cm³/mol. The molecule has 0 unspecified atom stereocenters. The van der Waals surface area contributed by atoms with E-state index in [2.05, 4.69) is 15.3 Å². The Hall–Kier alpha value is -1.82. The second kappa shape index (κ2) is 5.22. The molecule has 6 heteroatoms. The van der Waals surface area contributed by atoms with Crippen LogP contribution in [0.3, 0.4) is 0 Å². The lowest BCUT2D eigenvalue weighted by atomic mass is 10.3. The van der Waals surface area contributed by atoms with Crippen LogP contribution in [0.2, 0.25) is 0 Å². The van der Waals surface area contributed by atoms with Crippen LogP contribution in [0.5, 0.6) is 0 Å². The first-order valence-electron chi connectivity index (χ1n) is 5.50. The highest BCUT2D eigenvalue weighted by molar-refractivity contribution is 7.15. The van der Waals surface area contributed by atoms with Crippen LogP contribution < -0.4 is 5.32 Å². The predicted octanol–water partition coefficient (Wildman–Crippen LogP) is 2.80. The molecule has 0 saturated carbocycles. The molecule has 2 heterocycles. The SMILES string of the molecule is CCc1nc(NC(=O)c2cccc(F)n2)sc1C. The van der Waals surface area contributed by atoms with Crippen LogP contribution in [0.25, 0.3) is 0 Å². The summed E-state index contributed by atoms with van der Waals surface area (Å²) in [5, 5.41) is 3.13. The van der Waals surface area contributed by atoms with Gasteiger partial charge in [0.15, 0.2) is 5.13 Å². The first kappa shape index (κ1) is 12.6. The Balaban J connectivity index is 2.16. The third kappa shape index (κ3) is 2.70. The second-order valence-corrected chi connectivity index (χ2v) is 4.88. The second-order valence-electron chi connectivity index (χ2n) is 3.68. The number of carbonyl (C=O) groups is 1. The molecule has 2 aromatic heterocycles. The molecular weight excluding hydrogens is 253 g/mol. The van der Waals surface area contributed by atoms with Gasteiger partial charge in [-0.1, -0.05) is 13.0 Å². The van der Waals surface area contributed by atoms with Crippen molar-refractivity contribution in [3.8, 4) is 0 Å². The summed E-state index contributed by atoms with van der Waals surface area (Å²) in [6.45, 7) is 3.95. The fourth-order valence-corrected chi connectivity index (χ4v) is 2.40. The first-order chi connectivity index (χ1) is 8.60. The summed E-state index contributed by atoms with van der Waals surface area (Å²) in [6, 6.07) is 4.10. The lowest BCUT2D eigenvalue weighted by Crippen LogP contribution is -2.14. The van der Waals surface area contributed by atoms with Crippen molar-refractivity contribution in [3.63, 3.8) is 0 Å². The number of aryl methyl sites for hydroxylation is 2. The van der Waals surface area contributed by atoms with E-state index in [0.717, 1.165) is 17.0 Å². The highest BCUT2D eigenvalue weighted by Crippen LogP contribution is 2.22. The maximum atomic E-state index is 12.9. The standard InChI is InChI=1S/C12H12FN3OS/c1-3-8-7(2)18-12(15-8)16-11(17)9-5-4-6-10(13)14-9/h4-6H,3H2,1-2H3,(H,15,16,17). The normalized spacial score (nSPS) is 10.4. The Morgan fingerprint density at radius 1 is 1.44 bits per heavy atom. The number of carbonyl (C=O) groups excluding carboxylic acids is 1. The monoisotopic (exact) mass is 265 g/mol. The summed E-state index contributed by atoms with van der Waals surface area (Å²) >= 11 is 1.40. The maximum Gasteiger partial charge on any atom is 0.276 e. The van der Waals surface area contributed by atoms with Crippen molar-refractivity contribution in [2.45, 2.75) is 20.3 Å². The van der Waals surface area contributed by atoms with Crippen LogP contribution in [0, 0.1) is 12.9 Å². The Bertz CT molecular complexity index is 582. The highest BCUT2D eigenvalue weighted by atomic mass is 32.1. The number of nitrogens with one attached hydrogen (secondary N) is 1. The first-order valence-corrected chi connectivity index (χ1v) is 6.32. The minimum Gasteiger partial charge on any atom is -0.296 e. The molecule has 0 atom stereocenters. The third-order valence-electron chi connectivity index (χ3n) is 2.40. The fraction of sp³-hybridized carbons (Fsp3) is 0.250. The van der Waals surface area contributed by atoms with Crippen LogP contribution in [0.15, 0.2) is 18.2 Å². The minimum absolute atomic E-state index is 0.0425. The number of rotatable bonds is 3. The van der Waals surface area contributed by atoms with Crippen molar-refractivity contribution in [3.05, 3.63) is 40.4 Å². The van der Waals surface area contributed by atoms with Crippen LogP contribution in [-0.2, 0) is 6.42 Å². The summed E-state index contributed by atoms with van der Waals surface area (Å²) in [4.78, 5) is 20.7. The molecule has 2 aromatic rings. The van der Waals surface area contributed by atoms with E-state index in [4.69, 9.17) is 0 Å². The molecule has 0 spiro atoms. The van der Waals surface area contributed by atoms with E-state index < -0.39 is 11.9 Å². The Kier molecular flexibility index (Phi) is 3.66. The summed E-state index contributed by atoms with van der Waals surface area (Å²) in [6.07, 6.45) is 0.816. The zero-order valence-corrected chi connectivity index (χ0v) is 10.8. The van der Waals surface area contributed by atoms with Crippen LogP contribution in [0.4, 0.5) is 9.52 Å². The molecule has 0 bridgehead atoms. The van der Waals surface area contributed by atoms with Gasteiger partial charge in [0.1, 0.15) is 5.69 Å². The smallest absolute Gasteiger partial charge is 0.276 e. The van der Waals surface area contributed by atoms with E-state index in [1.165, 1.54) is 29.5 Å². The van der Waals surface area contributed by atoms with Gasteiger partial charge in [0.25, 0.3) is 5.91 Å². The molecule has 18 heavy (non-hydrogen) atoms. The van der Waals surface area contributed by atoms with Crippen LogP contribution in [-0.4, -0.2) is 15.9 Å². The number of nitrogens with zero attached hydrogens (tertiary/aromatic N) is 2. The number of hydrogen-bond acceptors (Lipinski definition) is 4. The summed E-state index contributed by atoms with van der Waals surface area (Å²) in [7, 11) is 0. The number of aromatic nitrogens is 2. The average Bonchev–Trinajstić information content (AvgIpc) is 2.69. The quantitative estimate of drug-likeness (QED) is 0.868. The molecule has 0 aliphatic carbocycles. The van der Waals surface area contributed by atoms with E-state index in [9.17, 15) is 9.18 Å². The Morgan fingerprint density at radius 2 is 2.22 bits per heavy atom. The van der Waals surface area contributed by atoms with Gasteiger partial charge in [-0.15, -0.1) is 11.3 Å². The van der Waals surface area contributed by atoms with Gasteiger partial charge < -0.3 is 0 Å². The van der Waals surface area contributed by atoms with Gasteiger partial charge >= 0.3 is 0 Å². The zero-order valence-electron chi connectivity index (χ0n) is 10.0. The van der Waals surface area contributed by atoms with Crippen molar-refractivity contribution < 1.29 is 9.18 Å². The number of pyridine rings is 1.